The Morgan fingerprint density at radius 1 is 1.31 bits per heavy atom. The molecule has 1 N–H and O–H groups in total. The molecule has 156 valence electrons. The van der Waals surface area contributed by atoms with Gasteiger partial charge in [0.2, 0.25) is 0 Å². The number of nitrogens with zero attached hydrogens (tertiary/aromatic N) is 2. The number of hydrogen-bond acceptors (Lipinski definition) is 3. The van der Waals surface area contributed by atoms with Crippen molar-refractivity contribution in [3.63, 3.8) is 0 Å². The number of rotatable bonds is 4. The van der Waals surface area contributed by atoms with Gasteiger partial charge in [0.1, 0.15) is 11.6 Å². The maximum Gasteiger partial charge on any atom is 0.262 e. The van der Waals surface area contributed by atoms with E-state index in [0.717, 1.165) is 49.8 Å². The van der Waals surface area contributed by atoms with E-state index in [-0.39, 0.29) is 23.1 Å². The molecule has 2 aliphatic rings. The van der Waals surface area contributed by atoms with Gasteiger partial charge in [0.15, 0.2) is 0 Å². The first-order chi connectivity index (χ1) is 13.8. The number of carbonyl (C=O) groups is 1. The van der Waals surface area contributed by atoms with E-state index in [0.29, 0.717) is 5.92 Å². The monoisotopic (exact) mass is 393 g/mol. The highest BCUT2D eigenvalue weighted by molar-refractivity contribution is 6.02. The Morgan fingerprint density at radius 2 is 2.00 bits per heavy atom. The molecule has 1 amide bonds. The van der Waals surface area contributed by atoms with Crippen molar-refractivity contribution < 1.29 is 4.79 Å². The van der Waals surface area contributed by atoms with Gasteiger partial charge in [0.05, 0.1) is 0 Å². The summed E-state index contributed by atoms with van der Waals surface area (Å²) in [5.74, 6) is 0.207. The summed E-state index contributed by atoms with van der Waals surface area (Å²) in [4.78, 5) is 15.2. The predicted octanol–water partition coefficient (Wildman–Crippen LogP) is 5.46. The van der Waals surface area contributed by atoms with E-state index in [1.165, 1.54) is 17.7 Å². The van der Waals surface area contributed by atoms with Crippen LogP contribution < -0.4 is 10.2 Å². The summed E-state index contributed by atoms with van der Waals surface area (Å²) in [5.41, 5.74) is 5.01. The molecule has 29 heavy (non-hydrogen) atoms. The third kappa shape index (κ3) is 4.50. The van der Waals surface area contributed by atoms with Crippen LogP contribution in [0.25, 0.3) is 6.08 Å². The molecule has 0 bridgehead atoms. The standard InChI is InChI=1S/C25H35N3O/c1-6-28-23-12-17(2)19(14-22(23)18(3)15-25(28,4)5)13-20(16-26)24(29)27-21-10-8-7-9-11-21/h12-14,18,21H,6-11,15H2,1-5H3,(H,27,29)/b20-13+. The fraction of sp³-hybridized carbons (Fsp3) is 0.600. The molecule has 1 aromatic carbocycles. The lowest BCUT2D eigenvalue weighted by Gasteiger charge is -2.47. The molecule has 1 heterocycles. The van der Waals surface area contributed by atoms with E-state index in [9.17, 15) is 10.1 Å². The lowest BCUT2D eigenvalue weighted by Crippen LogP contribution is -2.48. The van der Waals surface area contributed by atoms with Crippen LogP contribution in [0, 0.1) is 18.3 Å². The van der Waals surface area contributed by atoms with E-state index < -0.39 is 0 Å². The second kappa shape index (κ2) is 8.61. The van der Waals surface area contributed by atoms with Gasteiger partial charge in [-0.05, 0) is 87.8 Å². The van der Waals surface area contributed by atoms with Crippen LogP contribution >= 0.6 is 0 Å². The highest BCUT2D eigenvalue weighted by atomic mass is 16.1. The SMILES string of the molecule is CCN1c2cc(C)c(/C=C(\C#N)C(=O)NC3CCCCC3)cc2C(C)CC1(C)C. The second-order valence-corrected chi connectivity index (χ2v) is 9.41. The van der Waals surface area contributed by atoms with E-state index >= 15 is 0 Å². The van der Waals surface area contributed by atoms with Gasteiger partial charge in [-0.1, -0.05) is 26.2 Å². The third-order valence-corrected chi connectivity index (χ3v) is 6.70. The second-order valence-electron chi connectivity index (χ2n) is 9.41. The quantitative estimate of drug-likeness (QED) is 0.546. The normalized spacial score (nSPS) is 22.0. The van der Waals surface area contributed by atoms with Crippen LogP contribution in [0.5, 0.6) is 0 Å². The van der Waals surface area contributed by atoms with Crippen molar-refractivity contribution in [1.82, 2.24) is 5.32 Å². The van der Waals surface area contributed by atoms with Crippen molar-refractivity contribution >= 4 is 17.7 Å². The Labute approximate surface area is 176 Å². The van der Waals surface area contributed by atoms with Crippen LogP contribution in [-0.2, 0) is 4.79 Å². The van der Waals surface area contributed by atoms with Gasteiger partial charge in [0, 0.05) is 23.8 Å². The molecule has 0 aromatic heterocycles. The number of benzene rings is 1. The van der Waals surface area contributed by atoms with Crippen molar-refractivity contribution in [2.24, 2.45) is 0 Å². The summed E-state index contributed by atoms with van der Waals surface area (Å²) in [6.07, 6.45) is 8.45. The summed E-state index contributed by atoms with van der Waals surface area (Å²) in [6, 6.07) is 6.76. The molecule has 0 spiro atoms. The maximum atomic E-state index is 12.7. The number of carbonyl (C=O) groups excluding carboxylic acids is 1. The highest BCUT2D eigenvalue weighted by Crippen LogP contribution is 2.44. The van der Waals surface area contributed by atoms with Crippen molar-refractivity contribution in [1.29, 1.82) is 5.26 Å². The van der Waals surface area contributed by atoms with Gasteiger partial charge in [-0.15, -0.1) is 0 Å². The number of anilines is 1. The molecule has 4 nitrogen and oxygen atoms in total. The average Bonchev–Trinajstić information content (AvgIpc) is 2.67. The minimum Gasteiger partial charge on any atom is -0.366 e. The fourth-order valence-electron chi connectivity index (χ4n) is 5.22. The molecule has 1 atom stereocenters. The molecule has 1 unspecified atom stereocenters. The zero-order valence-electron chi connectivity index (χ0n) is 18.6. The Morgan fingerprint density at radius 3 is 2.62 bits per heavy atom. The number of fused-ring (bicyclic) bond motifs is 1. The largest absolute Gasteiger partial charge is 0.366 e. The van der Waals surface area contributed by atoms with Gasteiger partial charge < -0.3 is 10.2 Å². The van der Waals surface area contributed by atoms with Crippen LogP contribution in [-0.4, -0.2) is 24.0 Å². The predicted molar refractivity (Wildman–Crippen MR) is 120 cm³/mol. The van der Waals surface area contributed by atoms with Gasteiger partial charge in [-0.3, -0.25) is 4.79 Å². The molecule has 0 saturated heterocycles. The minimum atomic E-state index is -0.235. The van der Waals surface area contributed by atoms with Crippen LogP contribution in [0.2, 0.25) is 0 Å². The molecular weight excluding hydrogens is 358 g/mol. The number of amides is 1. The van der Waals surface area contributed by atoms with Crippen LogP contribution in [0.1, 0.15) is 88.8 Å². The molecule has 1 aliphatic carbocycles. The summed E-state index contributed by atoms with van der Waals surface area (Å²) >= 11 is 0. The smallest absolute Gasteiger partial charge is 0.262 e. The number of aryl methyl sites for hydroxylation is 1. The maximum absolute atomic E-state index is 12.7. The summed E-state index contributed by atoms with van der Waals surface area (Å²) < 4.78 is 0. The Hall–Kier alpha value is -2.28. The minimum absolute atomic E-state index is 0.128. The summed E-state index contributed by atoms with van der Waals surface area (Å²) in [6.45, 7) is 12.1. The molecular formula is C25H35N3O. The lowest BCUT2D eigenvalue weighted by atomic mass is 9.79. The first-order valence-corrected chi connectivity index (χ1v) is 11.1. The van der Waals surface area contributed by atoms with Gasteiger partial charge >= 0.3 is 0 Å². The van der Waals surface area contributed by atoms with Gasteiger partial charge in [0.25, 0.3) is 5.91 Å². The van der Waals surface area contributed by atoms with E-state index in [4.69, 9.17) is 0 Å². The number of hydrogen-bond donors (Lipinski definition) is 1. The molecule has 1 fully saturated rings. The Kier molecular flexibility index (Phi) is 6.36. The zero-order chi connectivity index (χ0) is 21.2. The molecule has 4 heteroatoms. The van der Waals surface area contributed by atoms with Crippen LogP contribution in [0.4, 0.5) is 5.69 Å². The third-order valence-electron chi connectivity index (χ3n) is 6.70. The van der Waals surface area contributed by atoms with Crippen molar-refractivity contribution in [3.8, 4) is 6.07 Å². The van der Waals surface area contributed by atoms with E-state index in [1.807, 2.05) is 0 Å². The topological polar surface area (TPSA) is 56.1 Å². The Balaban J connectivity index is 1.91. The molecule has 1 aliphatic heterocycles. The van der Waals surface area contributed by atoms with Crippen molar-refractivity contribution in [2.45, 2.75) is 90.6 Å². The van der Waals surface area contributed by atoms with Gasteiger partial charge in [-0.2, -0.15) is 5.26 Å². The molecule has 3 rings (SSSR count). The highest BCUT2D eigenvalue weighted by Gasteiger charge is 2.35. The molecule has 1 aromatic rings. The fourth-order valence-corrected chi connectivity index (χ4v) is 5.22. The number of nitrogens with one attached hydrogen (secondary N) is 1. The van der Waals surface area contributed by atoms with Gasteiger partial charge in [-0.25, -0.2) is 0 Å². The van der Waals surface area contributed by atoms with E-state index in [2.05, 4.69) is 63.0 Å². The van der Waals surface area contributed by atoms with Crippen LogP contribution in [0.15, 0.2) is 17.7 Å². The number of nitriles is 1. The molecule has 1 saturated carbocycles. The first-order valence-electron chi connectivity index (χ1n) is 11.1. The Bertz CT molecular complexity index is 840. The van der Waals surface area contributed by atoms with Crippen molar-refractivity contribution in [2.75, 3.05) is 11.4 Å². The van der Waals surface area contributed by atoms with Crippen molar-refractivity contribution in [3.05, 3.63) is 34.4 Å². The summed E-state index contributed by atoms with van der Waals surface area (Å²) in [7, 11) is 0. The van der Waals surface area contributed by atoms with Crippen LogP contribution in [0.3, 0.4) is 0 Å². The average molecular weight is 394 g/mol. The first kappa shape index (κ1) is 21.4. The summed E-state index contributed by atoms with van der Waals surface area (Å²) in [5, 5.41) is 12.7. The lowest BCUT2D eigenvalue weighted by molar-refractivity contribution is -0.117. The van der Waals surface area contributed by atoms with E-state index in [1.54, 1.807) is 6.08 Å². The zero-order valence-corrected chi connectivity index (χ0v) is 18.6. The molecule has 0 radical (unpaired) electrons.